The molecule has 0 spiro atoms. The molecular weight excluding hydrogens is 356 g/mol. The van der Waals surface area contributed by atoms with Gasteiger partial charge in [0, 0.05) is 30.8 Å². The Morgan fingerprint density at radius 1 is 1.21 bits per heavy atom. The van der Waals surface area contributed by atoms with E-state index in [0.29, 0.717) is 30.2 Å². The molecule has 142 valence electrons. The van der Waals surface area contributed by atoms with Gasteiger partial charge in [-0.15, -0.1) is 5.10 Å². The fourth-order valence-electron chi connectivity index (χ4n) is 3.00. The normalized spacial score (nSPS) is 13.9. The van der Waals surface area contributed by atoms with Gasteiger partial charge in [0.1, 0.15) is 5.69 Å². The fraction of sp³-hybridized carbons (Fsp3) is 0.263. The summed E-state index contributed by atoms with van der Waals surface area (Å²) in [5, 5.41) is 8.45. The third-order valence-electron chi connectivity index (χ3n) is 4.25. The Bertz CT molecular complexity index is 1030. The smallest absolute Gasteiger partial charge is 0.221 e. The lowest BCUT2D eigenvalue weighted by Gasteiger charge is -2.12. The predicted octanol–water partition coefficient (Wildman–Crippen LogP) is 2.14. The molecule has 0 saturated carbocycles. The quantitative estimate of drug-likeness (QED) is 0.700. The zero-order chi connectivity index (χ0) is 19.3. The molecule has 0 unspecified atom stereocenters. The van der Waals surface area contributed by atoms with Crippen molar-refractivity contribution >= 4 is 11.7 Å². The van der Waals surface area contributed by atoms with E-state index >= 15 is 0 Å². The maximum Gasteiger partial charge on any atom is 0.221 e. The van der Waals surface area contributed by atoms with Crippen LogP contribution in [0.1, 0.15) is 12.8 Å². The van der Waals surface area contributed by atoms with Crippen molar-refractivity contribution in [2.75, 3.05) is 19.5 Å². The molecule has 3 aromatic heterocycles. The molecule has 1 aliphatic heterocycles. The Morgan fingerprint density at radius 3 is 2.93 bits per heavy atom. The summed E-state index contributed by atoms with van der Waals surface area (Å²) in [4.78, 5) is 17.3. The molecule has 0 bridgehead atoms. The van der Waals surface area contributed by atoms with Gasteiger partial charge in [-0.25, -0.2) is 14.6 Å². The Morgan fingerprint density at radius 2 is 2.11 bits per heavy atom. The number of nitrogen functional groups attached to an aromatic ring is 1. The minimum Gasteiger partial charge on any atom is -0.378 e. The number of nitrogens with zero attached hydrogens (tertiary/aromatic N) is 7. The van der Waals surface area contributed by atoms with Crippen LogP contribution in [0.15, 0.2) is 53.6 Å². The standard InChI is InChI=1S/C19H20N8O/c1-28-12-15-6-2-5-14(22-15)10-27-11-18(25-26-27)17-8-16(23-19(20)24-17)13-4-3-7-21-9-13/h3-4,6-9,11H,2,5,10,12H2,1H3,(H2,20,23,24). The van der Waals surface area contributed by atoms with Gasteiger partial charge < -0.3 is 10.5 Å². The van der Waals surface area contributed by atoms with Crippen LogP contribution in [0.2, 0.25) is 0 Å². The molecule has 1 aliphatic rings. The largest absolute Gasteiger partial charge is 0.378 e. The summed E-state index contributed by atoms with van der Waals surface area (Å²) in [5.74, 6) is 0.178. The summed E-state index contributed by atoms with van der Waals surface area (Å²) in [6, 6.07) is 5.60. The van der Waals surface area contributed by atoms with Crippen LogP contribution in [0.4, 0.5) is 5.95 Å². The lowest BCUT2D eigenvalue weighted by molar-refractivity contribution is 0.224. The molecule has 0 aromatic carbocycles. The first kappa shape index (κ1) is 17.9. The number of aromatic nitrogens is 6. The minimum atomic E-state index is 0.178. The molecule has 0 atom stereocenters. The first-order chi connectivity index (χ1) is 13.7. The first-order valence-electron chi connectivity index (χ1n) is 8.91. The number of ether oxygens (including phenoxy) is 1. The van der Waals surface area contributed by atoms with Crippen molar-refractivity contribution in [3.05, 3.63) is 48.6 Å². The van der Waals surface area contributed by atoms with Gasteiger partial charge in [0.05, 0.1) is 36.4 Å². The first-order valence-corrected chi connectivity index (χ1v) is 8.91. The van der Waals surface area contributed by atoms with Crippen molar-refractivity contribution in [2.24, 2.45) is 4.99 Å². The molecule has 2 N–H and O–H groups in total. The summed E-state index contributed by atoms with van der Waals surface area (Å²) in [5.41, 5.74) is 10.7. The molecule has 0 aliphatic carbocycles. The Kier molecular flexibility index (Phi) is 5.16. The van der Waals surface area contributed by atoms with E-state index in [1.807, 2.05) is 24.4 Å². The highest BCUT2D eigenvalue weighted by Crippen LogP contribution is 2.22. The highest BCUT2D eigenvalue weighted by Gasteiger charge is 2.13. The maximum absolute atomic E-state index is 5.90. The molecule has 0 fully saturated rings. The second kappa shape index (κ2) is 8.05. The van der Waals surface area contributed by atoms with E-state index in [1.54, 1.807) is 24.2 Å². The monoisotopic (exact) mass is 376 g/mol. The molecule has 0 radical (unpaired) electrons. The number of methoxy groups -OCH3 is 1. The number of allylic oxidation sites excluding steroid dienone is 1. The van der Waals surface area contributed by atoms with E-state index < -0.39 is 0 Å². The van der Waals surface area contributed by atoms with Gasteiger partial charge in [-0.3, -0.25) is 9.98 Å². The number of anilines is 1. The lowest BCUT2D eigenvalue weighted by atomic mass is 10.1. The molecule has 4 heterocycles. The van der Waals surface area contributed by atoms with Gasteiger partial charge in [-0.1, -0.05) is 11.3 Å². The van der Waals surface area contributed by atoms with E-state index in [1.165, 1.54) is 0 Å². The second-order valence-electron chi connectivity index (χ2n) is 6.38. The van der Waals surface area contributed by atoms with Gasteiger partial charge in [0.15, 0.2) is 0 Å². The number of aliphatic imine (C=N–C) groups is 1. The van der Waals surface area contributed by atoms with Crippen molar-refractivity contribution in [3.8, 4) is 22.6 Å². The van der Waals surface area contributed by atoms with Crippen LogP contribution >= 0.6 is 0 Å². The van der Waals surface area contributed by atoms with Crippen LogP contribution in [-0.2, 0) is 11.3 Å². The predicted molar refractivity (Wildman–Crippen MR) is 105 cm³/mol. The fourth-order valence-corrected chi connectivity index (χ4v) is 3.00. The number of rotatable bonds is 6. The zero-order valence-corrected chi connectivity index (χ0v) is 15.5. The molecule has 0 saturated heterocycles. The summed E-state index contributed by atoms with van der Waals surface area (Å²) in [6.07, 6.45) is 9.23. The van der Waals surface area contributed by atoms with Crippen LogP contribution in [0.3, 0.4) is 0 Å². The summed E-state index contributed by atoms with van der Waals surface area (Å²) in [6.45, 7) is 1.09. The number of pyridine rings is 1. The average molecular weight is 376 g/mol. The maximum atomic E-state index is 5.90. The highest BCUT2D eigenvalue weighted by atomic mass is 16.5. The zero-order valence-electron chi connectivity index (χ0n) is 15.5. The third kappa shape index (κ3) is 4.09. The van der Waals surface area contributed by atoms with Crippen LogP contribution in [0.5, 0.6) is 0 Å². The average Bonchev–Trinajstić information content (AvgIpc) is 3.17. The van der Waals surface area contributed by atoms with Crippen molar-refractivity contribution in [2.45, 2.75) is 19.4 Å². The molecule has 28 heavy (non-hydrogen) atoms. The van der Waals surface area contributed by atoms with Gasteiger partial charge in [0.2, 0.25) is 5.95 Å². The van der Waals surface area contributed by atoms with Crippen molar-refractivity contribution in [1.29, 1.82) is 0 Å². The van der Waals surface area contributed by atoms with Crippen LogP contribution in [0.25, 0.3) is 22.6 Å². The van der Waals surface area contributed by atoms with Crippen LogP contribution in [0, 0.1) is 0 Å². The lowest BCUT2D eigenvalue weighted by Crippen LogP contribution is -2.14. The highest BCUT2D eigenvalue weighted by molar-refractivity contribution is 5.86. The van der Waals surface area contributed by atoms with E-state index in [0.717, 1.165) is 29.8 Å². The van der Waals surface area contributed by atoms with Crippen molar-refractivity contribution in [3.63, 3.8) is 0 Å². The topological polar surface area (TPSA) is 117 Å². The molecule has 0 amide bonds. The second-order valence-corrected chi connectivity index (χ2v) is 6.38. The van der Waals surface area contributed by atoms with Gasteiger partial charge in [-0.2, -0.15) is 0 Å². The SMILES string of the molecule is COCC1=CCCC(Cn2cc(-c3cc(-c4cccnc4)nc(N)n3)nn2)=N1. The Balaban J connectivity index is 1.56. The molecule has 3 aromatic rings. The number of hydrogen-bond donors (Lipinski definition) is 1. The van der Waals surface area contributed by atoms with Crippen molar-refractivity contribution in [1.82, 2.24) is 29.9 Å². The molecule has 9 nitrogen and oxygen atoms in total. The van der Waals surface area contributed by atoms with Crippen LogP contribution < -0.4 is 5.73 Å². The Labute approximate surface area is 162 Å². The van der Waals surface area contributed by atoms with Crippen molar-refractivity contribution < 1.29 is 4.74 Å². The van der Waals surface area contributed by atoms with E-state index in [9.17, 15) is 0 Å². The summed E-state index contributed by atoms with van der Waals surface area (Å²) < 4.78 is 6.92. The van der Waals surface area contributed by atoms with E-state index in [2.05, 4.69) is 36.3 Å². The molecular formula is C19H20N8O. The summed E-state index contributed by atoms with van der Waals surface area (Å²) in [7, 11) is 1.67. The number of hydrogen-bond acceptors (Lipinski definition) is 8. The van der Waals surface area contributed by atoms with Gasteiger partial charge in [-0.05, 0) is 31.0 Å². The van der Waals surface area contributed by atoms with Gasteiger partial charge in [0.25, 0.3) is 0 Å². The molecule has 4 rings (SSSR count). The minimum absolute atomic E-state index is 0.178. The molecule has 9 heteroatoms. The summed E-state index contributed by atoms with van der Waals surface area (Å²) >= 11 is 0. The third-order valence-corrected chi connectivity index (χ3v) is 4.25. The van der Waals surface area contributed by atoms with E-state index in [4.69, 9.17) is 10.5 Å². The Hall–Kier alpha value is -3.46. The number of nitrogens with two attached hydrogens (primary N) is 1. The van der Waals surface area contributed by atoms with Gasteiger partial charge >= 0.3 is 0 Å². The van der Waals surface area contributed by atoms with Crippen LogP contribution in [-0.4, -0.2) is 49.4 Å². The van der Waals surface area contributed by atoms with E-state index in [-0.39, 0.29) is 5.95 Å².